The number of carbonyl (C=O) groups is 2. The van der Waals surface area contributed by atoms with E-state index in [1.807, 2.05) is 0 Å². The van der Waals surface area contributed by atoms with E-state index >= 15 is 0 Å². The van der Waals surface area contributed by atoms with Crippen molar-refractivity contribution in [3.63, 3.8) is 0 Å². The smallest absolute Gasteiger partial charge is 0.271 e. The Morgan fingerprint density at radius 1 is 1.08 bits per heavy atom. The van der Waals surface area contributed by atoms with E-state index < -0.39 is 11.9 Å². The van der Waals surface area contributed by atoms with E-state index in [9.17, 15) is 14.7 Å². The summed E-state index contributed by atoms with van der Waals surface area (Å²) in [6.45, 7) is 0. The molecule has 0 aliphatic rings. The Morgan fingerprint density at radius 2 is 1.85 bits per heavy atom. The summed E-state index contributed by atoms with van der Waals surface area (Å²) in [5, 5.41) is 15.2. The van der Waals surface area contributed by atoms with Gasteiger partial charge in [-0.15, -0.1) is 0 Å². The van der Waals surface area contributed by atoms with Gasteiger partial charge in [-0.1, -0.05) is 6.07 Å². The second-order valence-corrected chi connectivity index (χ2v) is 4.98. The Morgan fingerprint density at radius 3 is 2.46 bits per heavy atom. The van der Waals surface area contributed by atoms with Gasteiger partial charge in [0.25, 0.3) is 5.91 Å². The molecule has 2 rings (SSSR count). The minimum atomic E-state index is -1.46. The van der Waals surface area contributed by atoms with Gasteiger partial charge in [-0.3, -0.25) is 4.79 Å². The molecule has 8 nitrogen and oxygen atoms in total. The number of hydrogen-bond acceptors (Lipinski definition) is 7. The lowest BCUT2D eigenvalue weighted by Gasteiger charge is -2.15. The molecule has 0 saturated carbocycles. The van der Waals surface area contributed by atoms with Gasteiger partial charge < -0.3 is 24.1 Å². The Hall–Kier alpha value is -3.55. The first-order chi connectivity index (χ1) is 12.5. The van der Waals surface area contributed by atoms with Gasteiger partial charge in [0, 0.05) is 11.1 Å². The van der Waals surface area contributed by atoms with Crippen molar-refractivity contribution in [2.75, 3.05) is 21.3 Å². The molecule has 0 aliphatic heterocycles. The zero-order chi connectivity index (χ0) is 19.1. The van der Waals surface area contributed by atoms with E-state index in [0.29, 0.717) is 11.3 Å². The molecule has 8 heteroatoms. The molecule has 0 fully saturated rings. The second-order valence-electron chi connectivity index (χ2n) is 4.98. The first-order valence-electron chi connectivity index (χ1n) is 7.45. The molecular weight excluding hydrogens is 340 g/mol. The van der Waals surface area contributed by atoms with E-state index in [-0.39, 0.29) is 22.6 Å². The molecular formula is C18H17N2O6-. The fraction of sp³-hybridized carbons (Fsp3) is 0.167. The van der Waals surface area contributed by atoms with Crippen LogP contribution in [0.4, 0.5) is 0 Å². The molecule has 0 unspecified atom stereocenters. The number of carboxylic acids is 1. The number of nitrogens with one attached hydrogen (secondary N) is 1. The zero-order valence-electron chi connectivity index (χ0n) is 14.4. The summed E-state index contributed by atoms with van der Waals surface area (Å²) in [6.07, 6.45) is 1.19. The molecule has 136 valence electrons. The molecule has 1 amide bonds. The van der Waals surface area contributed by atoms with Gasteiger partial charge in [-0.2, -0.15) is 5.10 Å². The predicted molar refractivity (Wildman–Crippen MR) is 91.9 cm³/mol. The molecule has 0 heterocycles. The number of ether oxygens (including phenoxy) is 3. The highest BCUT2D eigenvalue weighted by atomic mass is 16.5. The first kappa shape index (κ1) is 18.8. The van der Waals surface area contributed by atoms with Crippen LogP contribution < -0.4 is 24.7 Å². The van der Waals surface area contributed by atoms with E-state index in [4.69, 9.17) is 14.2 Å². The molecule has 26 heavy (non-hydrogen) atoms. The van der Waals surface area contributed by atoms with Crippen molar-refractivity contribution >= 4 is 18.1 Å². The standard InChI is InChI=1S/C18H18N2O6/c1-24-13-6-4-5-11(9-13)17(21)20-19-10-12-7-8-14(25-2)16(26-3)15(12)18(22)23/h4-10H,1-3H3,(H,20,21)(H,22,23)/p-1/b19-10-. The molecule has 0 atom stereocenters. The Balaban J connectivity index is 2.24. The third-order valence-electron chi connectivity index (χ3n) is 3.48. The van der Waals surface area contributed by atoms with Gasteiger partial charge in [0.05, 0.1) is 39.1 Å². The van der Waals surface area contributed by atoms with Crippen LogP contribution in [0, 0.1) is 0 Å². The SMILES string of the molecule is COc1cccc(C(=O)N/N=C\c2ccc(OC)c(OC)c2C(=O)[O-])c1. The van der Waals surface area contributed by atoms with Crippen molar-refractivity contribution < 1.29 is 28.9 Å². The van der Waals surface area contributed by atoms with Gasteiger partial charge >= 0.3 is 0 Å². The lowest BCUT2D eigenvalue weighted by Crippen LogP contribution is -2.25. The third-order valence-corrected chi connectivity index (χ3v) is 3.48. The zero-order valence-corrected chi connectivity index (χ0v) is 14.4. The Kier molecular flexibility index (Phi) is 6.15. The van der Waals surface area contributed by atoms with Crippen LogP contribution in [-0.4, -0.2) is 39.4 Å². The van der Waals surface area contributed by atoms with Gasteiger partial charge in [0.15, 0.2) is 11.5 Å². The maximum Gasteiger partial charge on any atom is 0.271 e. The summed E-state index contributed by atoms with van der Waals surface area (Å²) < 4.78 is 15.2. The van der Waals surface area contributed by atoms with Crippen LogP contribution in [0.15, 0.2) is 41.5 Å². The van der Waals surface area contributed by atoms with Gasteiger partial charge in [-0.05, 0) is 30.3 Å². The molecule has 0 spiro atoms. The average molecular weight is 357 g/mol. The highest BCUT2D eigenvalue weighted by Gasteiger charge is 2.15. The average Bonchev–Trinajstić information content (AvgIpc) is 2.66. The number of aromatic carboxylic acids is 1. The van der Waals surface area contributed by atoms with Crippen molar-refractivity contribution in [2.45, 2.75) is 0 Å². The fourth-order valence-electron chi connectivity index (χ4n) is 2.25. The van der Waals surface area contributed by atoms with Crippen LogP contribution in [0.1, 0.15) is 26.3 Å². The Bertz CT molecular complexity index is 848. The van der Waals surface area contributed by atoms with Gasteiger partial charge in [0.1, 0.15) is 5.75 Å². The first-order valence-corrected chi connectivity index (χ1v) is 7.45. The van der Waals surface area contributed by atoms with Gasteiger partial charge in [-0.25, -0.2) is 5.43 Å². The number of carbonyl (C=O) groups excluding carboxylic acids is 2. The van der Waals surface area contributed by atoms with Crippen LogP contribution in [0.3, 0.4) is 0 Å². The number of carboxylic acid groups (broad SMARTS) is 1. The highest BCUT2D eigenvalue weighted by Crippen LogP contribution is 2.32. The number of nitrogens with zero attached hydrogens (tertiary/aromatic N) is 1. The summed E-state index contributed by atoms with van der Waals surface area (Å²) in [7, 11) is 4.20. The third kappa shape index (κ3) is 4.10. The van der Waals surface area contributed by atoms with E-state index in [2.05, 4.69) is 10.5 Å². The normalized spacial score (nSPS) is 10.4. The largest absolute Gasteiger partial charge is 0.545 e. The second kappa shape index (κ2) is 8.52. The number of hydrazone groups is 1. The van der Waals surface area contributed by atoms with Crippen molar-refractivity contribution in [1.82, 2.24) is 5.43 Å². The minimum absolute atomic E-state index is 0.00979. The van der Waals surface area contributed by atoms with Crippen LogP contribution in [0.25, 0.3) is 0 Å². The highest BCUT2D eigenvalue weighted by molar-refractivity contribution is 6.01. The molecule has 0 aliphatic carbocycles. The van der Waals surface area contributed by atoms with Gasteiger partial charge in [0.2, 0.25) is 0 Å². The fourth-order valence-corrected chi connectivity index (χ4v) is 2.25. The molecule has 0 aromatic heterocycles. The summed E-state index contributed by atoms with van der Waals surface area (Å²) >= 11 is 0. The van der Waals surface area contributed by atoms with Crippen molar-refractivity contribution in [3.05, 3.63) is 53.1 Å². The summed E-state index contributed by atoms with van der Waals surface area (Å²) in [5.41, 5.74) is 2.62. The topological polar surface area (TPSA) is 109 Å². The molecule has 2 aromatic rings. The molecule has 0 radical (unpaired) electrons. The van der Waals surface area contributed by atoms with Crippen molar-refractivity contribution in [1.29, 1.82) is 0 Å². The molecule has 0 saturated heterocycles. The quantitative estimate of drug-likeness (QED) is 0.581. The maximum absolute atomic E-state index is 12.1. The number of hydrogen-bond donors (Lipinski definition) is 1. The number of amides is 1. The lowest BCUT2D eigenvalue weighted by molar-refractivity contribution is -0.255. The monoisotopic (exact) mass is 357 g/mol. The number of benzene rings is 2. The number of methoxy groups -OCH3 is 3. The summed E-state index contributed by atoms with van der Waals surface area (Å²) in [5.74, 6) is -1.16. The van der Waals surface area contributed by atoms with Crippen LogP contribution in [-0.2, 0) is 0 Å². The van der Waals surface area contributed by atoms with Crippen LogP contribution in [0.5, 0.6) is 17.2 Å². The predicted octanol–water partition coefficient (Wildman–Crippen LogP) is 0.840. The van der Waals surface area contributed by atoms with E-state index in [1.54, 1.807) is 24.3 Å². The minimum Gasteiger partial charge on any atom is -0.545 e. The lowest BCUT2D eigenvalue weighted by atomic mass is 10.1. The summed E-state index contributed by atoms with van der Waals surface area (Å²) in [4.78, 5) is 23.5. The van der Waals surface area contributed by atoms with Crippen LogP contribution >= 0.6 is 0 Å². The molecule has 1 N–H and O–H groups in total. The summed E-state index contributed by atoms with van der Waals surface area (Å²) in [6, 6.07) is 9.50. The van der Waals surface area contributed by atoms with E-state index in [1.165, 1.54) is 39.7 Å². The number of rotatable bonds is 7. The molecule has 2 aromatic carbocycles. The van der Waals surface area contributed by atoms with E-state index in [0.717, 1.165) is 0 Å². The Labute approximate surface area is 150 Å². The maximum atomic E-state index is 12.1. The van der Waals surface area contributed by atoms with Crippen LogP contribution in [0.2, 0.25) is 0 Å². The molecule has 0 bridgehead atoms. The van der Waals surface area contributed by atoms with Crippen molar-refractivity contribution in [2.24, 2.45) is 5.10 Å². The van der Waals surface area contributed by atoms with Crippen molar-refractivity contribution in [3.8, 4) is 17.2 Å².